The Morgan fingerprint density at radius 1 is 1.21 bits per heavy atom. The number of carbonyl (C=O) groups is 3. The fourth-order valence-corrected chi connectivity index (χ4v) is 4.62. The number of benzene rings is 1. The third-order valence-electron chi connectivity index (χ3n) is 6.44. The molecule has 0 saturated heterocycles. The van der Waals surface area contributed by atoms with Crippen molar-refractivity contribution >= 4 is 23.3 Å². The Hall–Kier alpha value is -3.82. The number of aromatic amines is 1. The Bertz CT molecular complexity index is 1290. The van der Waals surface area contributed by atoms with Crippen LogP contribution in [0.4, 0.5) is 10.1 Å². The average Bonchev–Trinajstić information content (AvgIpc) is 3.14. The first kappa shape index (κ1) is 21.0. The van der Waals surface area contributed by atoms with Gasteiger partial charge in [-0.05, 0) is 62.8 Å². The summed E-state index contributed by atoms with van der Waals surface area (Å²) in [4.78, 5) is 39.3. The molecular weight excluding hydrogens is 427 g/mol. The first-order valence-corrected chi connectivity index (χ1v) is 10.8. The molecule has 3 N–H and O–H groups in total. The van der Waals surface area contributed by atoms with E-state index < -0.39 is 29.0 Å². The molecule has 0 spiro atoms. The first-order chi connectivity index (χ1) is 15.8. The van der Waals surface area contributed by atoms with E-state index >= 15 is 0 Å². The molecule has 0 radical (unpaired) electrons. The van der Waals surface area contributed by atoms with Crippen molar-refractivity contribution in [1.82, 2.24) is 25.3 Å². The van der Waals surface area contributed by atoms with Crippen molar-refractivity contribution in [2.45, 2.75) is 51.6 Å². The monoisotopic (exact) mass is 450 g/mol. The molecule has 0 atom stereocenters. The number of anilines is 1. The molecule has 3 aromatic rings. The highest BCUT2D eigenvalue weighted by atomic mass is 19.1. The van der Waals surface area contributed by atoms with Gasteiger partial charge in [0.2, 0.25) is 0 Å². The quantitative estimate of drug-likeness (QED) is 0.394. The third-order valence-corrected chi connectivity index (χ3v) is 6.44. The maximum atomic E-state index is 14.2. The lowest BCUT2D eigenvalue weighted by atomic mass is 10.0. The van der Waals surface area contributed by atoms with Gasteiger partial charge in [-0.15, -0.1) is 0 Å². The Labute approximate surface area is 188 Å². The van der Waals surface area contributed by atoms with E-state index in [2.05, 4.69) is 26.0 Å². The van der Waals surface area contributed by atoms with Crippen molar-refractivity contribution in [1.29, 1.82) is 0 Å². The minimum Gasteiger partial charge on any atom is -0.340 e. The standard InChI is InChI=1S/C23H23FN6O3/c1-12-5-6-14(24)15(10-12)26-21(32)19-13(2)18(16-4-3-9-30(16)19)20(31)22(33)27-23(7-8-23)17-11-25-29-28-17/h5-6,10-11H,3-4,7-9H2,1-2H3,(H,26,32)(H,27,33)(H,25,28,29). The Morgan fingerprint density at radius 3 is 2.70 bits per heavy atom. The molecule has 170 valence electrons. The van der Waals surface area contributed by atoms with Gasteiger partial charge in [-0.1, -0.05) is 6.07 Å². The van der Waals surface area contributed by atoms with Gasteiger partial charge in [0.1, 0.15) is 17.2 Å². The van der Waals surface area contributed by atoms with Crippen molar-refractivity contribution in [2.24, 2.45) is 0 Å². The summed E-state index contributed by atoms with van der Waals surface area (Å²) in [7, 11) is 0. The Kier molecular flexibility index (Phi) is 4.88. The highest BCUT2D eigenvalue weighted by Gasteiger charge is 2.49. The largest absolute Gasteiger partial charge is 0.340 e. The van der Waals surface area contributed by atoms with Gasteiger partial charge in [0, 0.05) is 12.2 Å². The Balaban J connectivity index is 1.44. The van der Waals surface area contributed by atoms with E-state index in [1.165, 1.54) is 12.3 Å². The molecule has 9 nitrogen and oxygen atoms in total. The van der Waals surface area contributed by atoms with Crippen LogP contribution < -0.4 is 10.6 Å². The SMILES string of the molecule is Cc1ccc(F)c(NC(=O)c2c(C)c(C(=O)C(=O)NC3(c4cn[nH]n4)CC3)c3n2CCC3)c1. The number of amides is 2. The maximum Gasteiger partial charge on any atom is 0.293 e. The summed E-state index contributed by atoms with van der Waals surface area (Å²) in [6.45, 7) is 4.00. The van der Waals surface area contributed by atoms with Gasteiger partial charge >= 0.3 is 0 Å². The molecule has 0 bridgehead atoms. The van der Waals surface area contributed by atoms with Crippen molar-refractivity contribution in [3.8, 4) is 0 Å². The molecule has 3 heterocycles. The van der Waals surface area contributed by atoms with Gasteiger partial charge in [0.15, 0.2) is 0 Å². The van der Waals surface area contributed by atoms with Crippen molar-refractivity contribution in [3.63, 3.8) is 0 Å². The number of ketones is 1. The minimum atomic E-state index is -0.740. The molecule has 1 aliphatic carbocycles. The summed E-state index contributed by atoms with van der Waals surface area (Å²) in [5.41, 5.74) is 2.38. The average molecular weight is 450 g/mol. The molecule has 1 fully saturated rings. The molecule has 1 saturated carbocycles. The van der Waals surface area contributed by atoms with E-state index in [1.54, 1.807) is 30.5 Å². The molecule has 5 rings (SSSR count). The van der Waals surface area contributed by atoms with E-state index in [4.69, 9.17) is 0 Å². The summed E-state index contributed by atoms with van der Waals surface area (Å²) in [6, 6.07) is 4.46. The molecule has 1 aromatic carbocycles. The van der Waals surface area contributed by atoms with Gasteiger partial charge in [-0.25, -0.2) is 4.39 Å². The number of aryl methyl sites for hydroxylation is 1. The van der Waals surface area contributed by atoms with Crippen LogP contribution in [-0.4, -0.2) is 37.6 Å². The zero-order valence-electron chi connectivity index (χ0n) is 18.3. The molecule has 10 heteroatoms. The Morgan fingerprint density at radius 2 is 2.00 bits per heavy atom. The molecule has 1 aliphatic heterocycles. The van der Waals surface area contributed by atoms with Gasteiger partial charge in [0.05, 0.1) is 23.0 Å². The van der Waals surface area contributed by atoms with Crippen LogP contribution in [0.5, 0.6) is 0 Å². The van der Waals surface area contributed by atoms with E-state index in [-0.39, 0.29) is 16.9 Å². The number of aromatic nitrogens is 4. The lowest BCUT2D eigenvalue weighted by Crippen LogP contribution is -2.40. The maximum absolute atomic E-state index is 14.2. The minimum absolute atomic E-state index is 0.0712. The highest BCUT2D eigenvalue weighted by Crippen LogP contribution is 2.44. The number of halogens is 1. The second-order valence-corrected chi connectivity index (χ2v) is 8.71. The predicted octanol–water partition coefficient (Wildman–Crippen LogP) is 2.55. The molecule has 33 heavy (non-hydrogen) atoms. The molecule has 2 aromatic heterocycles. The van der Waals surface area contributed by atoms with Gasteiger partial charge in [-0.3, -0.25) is 14.4 Å². The van der Waals surface area contributed by atoms with Gasteiger partial charge < -0.3 is 15.2 Å². The number of nitrogens with zero attached hydrogens (tertiary/aromatic N) is 3. The van der Waals surface area contributed by atoms with Crippen LogP contribution in [-0.2, 0) is 23.3 Å². The summed E-state index contributed by atoms with van der Waals surface area (Å²) in [6.07, 6.45) is 4.20. The smallest absolute Gasteiger partial charge is 0.293 e. The van der Waals surface area contributed by atoms with Crippen LogP contribution in [0.15, 0.2) is 24.4 Å². The van der Waals surface area contributed by atoms with E-state index in [0.717, 1.165) is 12.0 Å². The lowest BCUT2D eigenvalue weighted by Gasteiger charge is -2.14. The number of nitrogens with one attached hydrogen (secondary N) is 3. The number of rotatable bonds is 6. The lowest BCUT2D eigenvalue weighted by molar-refractivity contribution is -0.118. The summed E-state index contributed by atoms with van der Waals surface area (Å²) in [5, 5.41) is 15.8. The predicted molar refractivity (Wildman–Crippen MR) is 116 cm³/mol. The molecule has 2 amide bonds. The molecular formula is C23H23FN6O3. The fraction of sp³-hybridized carbons (Fsp3) is 0.348. The van der Waals surface area contributed by atoms with E-state index in [0.29, 0.717) is 42.8 Å². The number of hydrogen-bond acceptors (Lipinski definition) is 5. The number of hydrogen-bond donors (Lipinski definition) is 3. The zero-order chi connectivity index (χ0) is 23.3. The first-order valence-electron chi connectivity index (χ1n) is 10.8. The van der Waals surface area contributed by atoms with Crippen molar-refractivity contribution in [2.75, 3.05) is 5.32 Å². The van der Waals surface area contributed by atoms with Crippen LogP contribution in [0.25, 0.3) is 0 Å². The zero-order valence-corrected chi connectivity index (χ0v) is 18.3. The van der Waals surface area contributed by atoms with Crippen LogP contribution in [0.1, 0.15) is 62.6 Å². The second-order valence-electron chi connectivity index (χ2n) is 8.71. The van der Waals surface area contributed by atoms with Gasteiger partial charge in [-0.2, -0.15) is 15.4 Å². The van der Waals surface area contributed by atoms with Crippen LogP contribution in [0, 0.1) is 19.7 Å². The van der Waals surface area contributed by atoms with Gasteiger partial charge in [0.25, 0.3) is 17.6 Å². The normalized spacial score (nSPS) is 15.7. The molecule has 0 unspecified atom stereocenters. The van der Waals surface area contributed by atoms with E-state index in [9.17, 15) is 18.8 Å². The number of H-pyrrole nitrogens is 1. The molecule has 2 aliphatic rings. The summed E-state index contributed by atoms with van der Waals surface area (Å²) < 4.78 is 16.0. The number of fused-ring (bicyclic) bond motifs is 1. The topological polar surface area (TPSA) is 122 Å². The summed E-state index contributed by atoms with van der Waals surface area (Å²) in [5.74, 6) is -2.48. The second kappa shape index (κ2) is 7.65. The van der Waals surface area contributed by atoms with E-state index in [1.807, 2.05) is 0 Å². The fourth-order valence-electron chi connectivity index (χ4n) is 4.62. The highest BCUT2D eigenvalue weighted by molar-refractivity contribution is 6.44. The van der Waals surface area contributed by atoms with Crippen LogP contribution in [0.3, 0.4) is 0 Å². The third kappa shape index (κ3) is 3.51. The van der Waals surface area contributed by atoms with Crippen LogP contribution in [0.2, 0.25) is 0 Å². The summed E-state index contributed by atoms with van der Waals surface area (Å²) >= 11 is 0. The van der Waals surface area contributed by atoms with Crippen molar-refractivity contribution < 1.29 is 18.8 Å². The number of Topliss-reactive ketones (excluding diaryl/α,β-unsaturated/α-hetero) is 1. The van der Waals surface area contributed by atoms with Crippen molar-refractivity contribution in [3.05, 3.63) is 64.0 Å². The van der Waals surface area contributed by atoms with Crippen LogP contribution >= 0.6 is 0 Å². The number of carbonyl (C=O) groups excluding carboxylic acids is 3.